The summed E-state index contributed by atoms with van der Waals surface area (Å²) in [7, 11) is 0. The van der Waals surface area contributed by atoms with Crippen LogP contribution in [0.15, 0.2) is 48.8 Å². The molecule has 0 spiro atoms. The molecule has 0 radical (unpaired) electrons. The maximum Gasteiger partial charge on any atom is 0.333 e. The van der Waals surface area contributed by atoms with Gasteiger partial charge in [0, 0.05) is 24.5 Å². The summed E-state index contributed by atoms with van der Waals surface area (Å²) in [6.07, 6.45) is 2.85. The van der Waals surface area contributed by atoms with Gasteiger partial charge < -0.3 is 5.73 Å². The zero-order chi connectivity index (χ0) is 17.1. The highest BCUT2D eigenvalue weighted by atomic mass is 19.3. The molecule has 0 aliphatic heterocycles. The second-order valence-electron chi connectivity index (χ2n) is 5.05. The summed E-state index contributed by atoms with van der Waals surface area (Å²) >= 11 is 0. The molecule has 5 nitrogen and oxygen atoms in total. The van der Waals surface area contributed by atoms with Crippen molar-refractivity contribution >= 4 is 5.69 Å². The molecule has 24 heavy (non-hydrogen) atoms. The SMILES string of the molecule is [C-]#[N+]c1ccc(-c2cc(-c3ccn(C(F)F)n3)c(CN)cn2)cc1. The van der Waals surface area contributed by atoms with Crippen molar-refractivity contribution in [3.05, 3.63) is 65.8 Å². The van der Waals surface area contributed by atoms with Gasteiger partial charge in [0.15, 0.2) is 5.69 Å². The first-order chi connectivity index (χ1) is 11.6. The second-order valence-corrected chi connectivity index (χ2v) is 5.05. The lowest BCUT2D eigenvalue weighted by atomic mass is 10.0. The van der Waals surface area contributed by atoms with E-state index >= 15 is 0 Å². The molecule has 0 fully saturated rings. The summed E-state index contributed by atoms with van der Waals surface area (Å²) in [5.41, 5.74) is 9.53. The number of hydrogen-bond donors (Lipinski definition) is 1. The quantitative estimate of drug-likeness (QED) is 0.737. The van der Waals surface area contributed by atoms with Crippen LogP contribution in [0, 0.1) is 6.57 Å². The van der Waals surface area contributed by atoms with Gasteiger partial charge in [0.25, 0.3) is 0 Å². The normalized spacial score (nSPS) is 10.8. The first-order valence-electron chi connectivity index (χ1n) is 7.13. The fourth-order valence-electron chi connectivity index (χ4n) is 2.34. The Morgan fingerprint density at radius 1 is 1.17 bits per heavy atom. The average Bonchev–Trinajstić information content (AvgIpc) is 3.11. The van der Waals surface area contributed by atoms with E-state index in [9.17, 15) is 8.78 Å². The molecule has 3 rings (SSSR count). The Bertz CT molecular complexity index is 894. The number of hydrogen-bond acceptors (Lipinski definition) is 3. The van der Waals surface area contributed by atoms with Crippen molar-refractivity contribution in [2.45, 2.75) is 13.1 Å². The van der Waals surface area contributed by atoms with E-state index in [1.807, 2.05) is 0 Å². The van der Waals surface area contributed by atoms with Gasteiger partial charge >= 0.3 is 6.55 Å². The smallest absolute Gasteiger partial charge is 0.326 e. The molecule has 2 heterocycles. The van der Waals surface area contributed by atoms with Crippen LogP contribution in [-0.4, -0.2) is 14.8 Å². The number of aromatic nitrogens is 3. The van der Waals surface area contributed by atoms with Gasteiger partial charge in [0.05, 0.1) is 18.0 Å². The number of nitrogens with two attached hydrogens (primary N) is 1. The molecule has 0 aliphatic carbocycles. The van der Waals surface area contributed by atoms with E-state index in [0.717, 1.165) is 11.1 Å². The van der Waals surface area contributed by atoms with E-state index in [1.165, 1.54) is 12.3 Å². The highest BCUT2D eigenvalue weighted by Crippen LogP contribution is 2.28. The van der Waals surface area contributed by atoms with Gasteiger partial charge in [-0.2, -0.15) is 13.9 Å². The highest BCUT2D eigenvalue weighted by Gasteiger charge is 2.13. The van der Waals surface area contributed by atoms with Crippen molar-refractivity contribution in [3.63, 3.8) is 0 Å². The summed E-state index contributed by atoms with van der Waals surface area (Å²) in [4.78, 5) is 7.71. The Hall–Kier alpha value is -3.11. The van der Waals surface area contributed by atoms with Crippen LogP contribution in [0.5, 0.6) is 0 Å². The van der Waals surface area contributed by atoms with Gasteiger partial charge in [-0.3, -0.25) is 4.98 Å². The lowest BCUT2D eigenvalue weighted by Gasteiger charge is -2.08. The van der Waals surface area contributed by atoms with Crippen LogP contribution < -0.4 is 5.73 Å². The van der Waals surface area contributed by atoms with Crippen LogP contribution in [0.1, 0.15) is 12.1 Å². The topological polar surface area (TPSA) is 61.1 Å². The van der Waals surface area contributed by atoms with Crippen molar-refractivity contribution in [1.29, 1.82) is 0 Å². The van der Waals surface area contributed by atoms with Gasteiger partial charge in [0.1, 0.15) is 0 Å². The van der Waals surface area contributed by atoms with E-state index in [0.29, 0.717) is 27.3 Å². The standard InChI is InChI=1S/C17H13F2N5/c1-21-13-4-2-11(3-5-13)16-8-14(12(9-20)10-22-16)15-6-7-24(23-15)17(18)19/h2-8,10,17H,9,20H2. The maximum atomic E-state index is 12.7. The third-order valence-corrected chi connectivity index (χ3v) is 3.58. The molecule has 1 aromatic carbocycles. The molecule has 0 atom stereocenters. The number of nitrogens with zero attached hydrogens (tertiary/aromatic N) is 4. The van der Waals surface area contributed by atoms with Crippen LogP contribution in [0.3, 0.4) is 0 Å². The molecule has 0 saturated carbocycles. The summed E-state index contributed by atoms with van der Waals surface area (Å²) in [5.74, 6) is 0. The molecule has 0 saturated heterocycles. The molecule has 0 amide bonds. The van der Waals surface area contributed by atoms with Crippen molar-refractivity contribution in [2.24, 2.45) is 5.73 Å². The average molecular weight is 325 g/mol. The highest BCUT2D eigenvalue weighted by molar-refractivity contribution is 5.71. The zero-order valence-electron chi connectivity index (χ0n) is 12.5. The van der Waals surface area contributed by atoms with E-state index in [1.54, 1.807) is 36.5 Å². The van der Waals surface area contributed by atoms with E-state index < -0.39 is 6.55 Å². The van der Waals surface area contributed by atoms with E-state index in [-0.39, 0.29) is 6.54 Å². The summed E-state index contributed by atoms with van der Waals surface area (Å²) in [6.45, 7) is 4.51. The summed E-state index contributed by atoms with van der Waals surface area (Å²) in [6, 6.07) is 10.3. The Morgan fingerprint density at radius 3 is 2.50 bits per heavy atom. The van der Waals surface area contributed by atoms with E-state index in [4.69, 9.17) is 12.3 Å². The molecular formula is C17H13F2N5. The fourth-order valence-corrected chi connectivity index (χ4v) is 2.34. The van der Waals surface area contributed by atoms with E-state index in [2.05, 4.69) is 14.9 Å². The van der Waals surface area contributed by atoms with Crippen molar-refractivity contribution in [3.8, 4) is 22.5 Å². The molecule has 120 valence electrons. The molecule has 7 heteroatoms. The van der Waals surface area contributed by atoms with Crippen molar-refractivity contribution < 1.29 is 8.78 Å². The van der Waals surface area contributed by atoms with Crippen LogP contribution in [0.4, 0.5) is 14.5 Å². The largest absolute Gasteiger partial charge is 0.333 e. The second kappa shape index (κ2) is 6.56. The number of benzene rings is 1. The minimum absolute atomic E-state index is 0.223. The monoisotopic (exact) mass is 325 g/mol. The predicted octanol–water partition coefficient (Wildman–Crippen LogP) is 4.02. The van der Waals surface area contributed by atoms with Gasteiger partial charge in [-0.1, -0.05) is 24.3 Å². The number of pyridine rings is 1. The molecule has 0 bridgehead atoms. The van der Waals surface area contributed by atoms with Crippen LogP contribution >= 0.6 is 0 Å². The minimum Gasteiger partial charge on any atom is -0.326 e. The lowest BCUT2D eigenvalue weighted by molar-refractivity contribution is 0.0568. The number of halogens is 2. The predicted molar refractivity (Wildman–Crippen MR) is 86.3 cm³/mol. The third kappa shape index (κ3) is 3.00. The summed E-state index contributed by atoms with van der Waals surface area (Å²) in [5, 5.41) is 3.89. The molecule has 2 N–H and O–H groups in total. The Labute approximate surface area is 137 Å². The minimum atomic E-state index is -2.69. The molecule has 2 aromatic heterocycles. The van der Waals surface area contributed by atoms with Gasteiger partial charge in [0.2, 0.25) is 0 Å². The fraction of sp³-hybridized carbons (Fsp3) is 0.118. The Balaban J connectivity index is 2.05. The van der Waals surface area contributed by atoms with Gasteiger partial charge in [-0.25, -0.2) is 9.53 Å². The number of rotatable bonds is 4. The number of alkyl halides is 2. The molecule has 0 aliphatic rings. The molecule has 0 unspecified atom stereocenters. The Kier molecular flexibility index (Phi) is 4.31. The lowest BCUT2D eigenvalue weighted by Crippen LogP contribution is -2.02. The van der Waals surface area contributed by atoms with Crippen molar-refractivity contribution in [1.82, 2.24) is 14.8 Å². The molecular weight excluding hydrogens is 312 g/mol. The van der Waals surface area contributed by atoms with Crippen molar-refractivity contribution in [2.75, 3.05) is 0 Å². The van der Waals surface area contributed by atoms with Gasteiger partial charge in [-0.15, -0.1) is 0 Å². The zero-order valence-corrected chi connectivity index (χ0v) is 12.5. The third-order valence-electron chi connectivity index (χ3n) is 3.58. The Morgan fingerprint density at radius 2 is 1.92 bits per heavy atom. The van der Waals surface area contributed by atoms with Crippen LogP contribution in [0.2, 0.25) is 0 Å². The first kappa shape index (κ1) is 15.8. The van der Waals surface area contributed by atoms with Crippen LogP contribution in [-0.2, 0) is 6.54 Å². The maximum absolute atomic E-state index is 12.7. The van der Waals surface area contributed by atoms with Crippen LogP contribution in [0.25, 0.3) is 27.4 Å². The molecule has 3 aromatic rings. The summed E-state index contributed by atoms with van der Waals surface area (Å²) < 4.78 is 26.1. The first-order valence-corrected chi connectivity index (χ1v) is 7.13. The van der Waals surface area contributed by atoms with Gasteiger partial charge in [-0.05, 0) is 23.3 Å².